The van der Waals surface area contributed by atoms with Crippen LogP contribution in [0.15, 0.2) is 22.4 Å². The maximum absolute atomic E-state index is 11.8. The molecule has 0 aliphatic rings. The summed E-state index contributed by atoms with van der Waals surface area (Å²) in [5.41, 5.74) is 10.9. The number of hydrogen-bond donors (Lipinski definition) is 5. The Balaban J connectivity index is 1.63. The molecule has 0 fully saturated rings. The van der Waals surface area contributed by atoms with Gasteiger partial charge >= 0.3 is 12.1 Å². The van der Waals surface area contributed by atoms with Crippen LogP contribution in [0.5, 0.6) is 0 Å². The molecule has 0 bridgehead atoms. The summed E-state index contributed by atoms with van der Waals surface area (Å²) in [6.45, 7) is 1.06. The second-order valence-electron chi connectivity index (χ2n) is 6.52. The molecule has 2 aromatic rings. The average molecular weight is 422 g/mol. The Morgan fingerprint density at radius 2 is 2.07 bits per heavy atom. The first-order chi connectivity index (χ1) is 14.4. The van der Waals surface area contributed by atoms with Crippen LogP contribution in [-0.2, 0) is 16.1 Å². The van der Waals surface area contributed by atoms with Crippen LogP contribution in [0.3, 0.4) is 0 Å². The molecule has 1 atom stereocenters. The monoisotopic (exact) mass is 422 g/mol. The fourth-order valence-corrected chi connectivity index (χ4v) is 2.73. The van der Waals surface area contributed by atoms with Gasteiger partial charge in [-0.3, -0.25) is 9.79 Å². The molecule has 0 aliphatic carbocycles. The van der Waals surface area contributed by atoms with E-state index in [-0.39, 0.29) is 31.1 Å². The molecule has 0 aliphatic heterocycles. The summed E-state index contributed by atoms with van der Waals surface area (Å²) in [5.74, 6) is -1.22. The number of H-pyrrole nitrogens is 1. The van der Waals surface area contributed by atoms with Crippen molar-refractivity contribution in [3.05, 3.63) is 23.0 Å². The van der Waals surface area contributed by atoms with Gasteiger partial charge < -0.3 is 36.2 Å². The number of carboxylic acids is 1. The van der Waals surface area contributed by atoms with Crippen LogP contribution in [0.1, 0.15) is 32.1 Å². The molecule has 0 spiro atoms. The number of guanidine groups is 1. The van der Waals surface area contributed by atoms with Gasteiger partial charge in [0, 0.05) is 13.1 Å². The van der Waals surface area contributed by atoms with E-state index in [1.54, 1.807) is 10.9 Å². The van der Waals surface area contributed by atoms with Crippen molar-refractivity contribution < 1.29 is 19.4 Å². The second-order valence-corrected chi connectivity index (χ2v) is 6.52. The van der Waals surface area contributed by atoms with Gasteiger partial charge in [0.05, 0.1) is 19.3 Å². The lowest BCUT2D eigenvalue weighted by molar-refractivity contribution is -0.139. The van der Waals surface area contributed by atoms with E-state index in [1.165, 1.54) is 6.33 Å². The largest absolute Gasteiger partial charge is 0.480 e. The summed E-state index contributed by atoms with van der Waals surface area (Å²) >= 11 is 0. The summed E-state index contributed by atoms with van der Waals surface area (Å²) in [7, 11) is 0. The maximum Gasteiger partial charge on any atom is 0.407 e. The zero-order valence-electron chi connectivity index (χ0n) is 16.4. The van der Waals surface area contributed by atoms with Gasteiger partial charge in [0.25, 0.3) is 5.56 Å². The Morgan fingerprint density at radius 3 is 2.80 bits per heavy atom. The number of aromatic nitrogens is 4. The van der Waals surface area contributed by atoms with Gasteiger partial charge in [-0.25, -0.2) is 19.6 Å². The van der Waals surface area contributed by atoms with Crippen molar-refractivity contribution in [2.75, 3.05) is 13.2 Å². The molecule has 13 heteroatoms. The molecule has 0 saturated carbocycles. The molecule has 2 aromatic heterocycles. The van der Waals surface area contributed by atoms with E-state index < -0.39 is 18.1 Å². The minimum Gasteiger partial charge on any atom is -0.480 e. The number of imidazole rings is 1. The molecule has 0 aromatic carbocycles. The van der Waals surface area contributed by atoms with E-state index in [4.69, 9.17) is 21.3 Å². The summed E-state index contributed by atoms with van der Waals surface area (Å²) < 4.78 is 6.82. The number of ether oxygens (including phenoxy) is 1. The van der Waals surface area contributed by atoms with Crippen molar-refractivity contribution >= 4 is 29.2 Å². The third-order valence-corrected chi connectivity index (χ3v) is 4.22. The molecule has 164 valence electrons. The fraction of sp³-hybridized carbons (Fsp3) is 0.529. The first-order valence-electron chi connectivity index (χ1n) is 9.48. The Hall–Kier alpha value is -3.64. The minimum atomic E-state index is -1.16. The van der Waals surface area contributed by atoms with Crippen molar-refractivity contribution in [1.29, 1.82) is 0 Å². The van der Waals surface area contributed by atoms with Gasteiger partial charge in [-0.1, -0.05) is 0 Å². The summed E-state index contributed by atoms with van der Waals surface area (Å²) in [6.07, 6.45) is 4.83. The summed E-state index contributed by atoms with van der Waals surface area (Å²) in [6, 6.07) is -1.07. The molecule has 7 N–H and O–H groups in total. The number of unbranched alkanes of at least 4 members (excludes halogenated alkanes) is 2. The quantitative estimate of drug-likeness (QED) is 0.170. The SMILES string of the molecule is NC(N)=NCCC[C@@H](NC(=O)OCCCCCn1cnc2c(=O)[nH]cnc21)C(=O)O. The zero-order valence-corrected chi connectivity index (χ0v) is 16.4. The van der Waals surface area contributed by atoms with Crippen LogP contribution >= 0.6 is 0 Å². The number of aromatic amines is 1. The maximum atomic E-state index is 11.8. The highest BCUT2D eigenvalue weighted by atomic mass is 16.5. The van der Waals surface area contributed by atoms with Crippen LogP contribution in [0, 0.1) is 0 Å². The highest BCUT2D eigenvalue weighted by Gasteiger charge is 2.20. The third kappa shape index (κ3) is 7.07. The number of rotatable bonds is 12. The lowest BCUT2D eigenvalue weighted by Crippen LogP contribution is -2.41. The molecule has 1 amide bonds. The summed E-state index contributed by atoms with van der Waals surface area (Å²) in [5, 5.41) is 11.5. The number of nitrogens with zero attached hydrogens (tertiary/aromatic N) is 4. The Kier molecular flexibility index (Phi) is 8.59. The standard InChI is InChI=1S/C17H26N8O5/c18-16(19)20-6-4-5-11(15(27)28)24-17(29)30-8-3-1-2-7-25-10-23-12-13(25)21-9-22-14(12)26/h9-11H,1-8H2,(H,24,29)(H,27,28)(H4,18,19,20)(H,21,22,26)/t11-/m1/s1. The van der Waals surface area contributed by atoms with Gasteiger partial charge in [0.15, 0.2) is 17.1 Å². The van der Waals surface area contributed by atoms with Gasteiger partial charge in [-0.05, 0) is 32.1 Å². The van der Waals surface area contributed by atoms with Crippen LogP contribution < -0.4 is 22.3 Å². The van der Waals surface area contributed by atoms with Crippen molar-refractivity contribution in [2.45, 2.75) is 44.7 Å². The molecule has 0 radical (unpaired) electrons. The van der Waals surface area contributed by atoms with E-state index in [0.29, 0.717) is 30.6 Å². The van der Waals surface area contributed by atoms with Crippen LogP contribution in [0.4, 0.5) is 4.79 Å². The van der Waals surface area contributed by atoms with Crippen molar-refractivity contribution in [3.8, 4) is 0 Å². The first-order valence-corrected chi connectivity index (χ1v) is 9.48. The Labute approximate surface area is 171 Å². The van der Waals surface area contributed by atoms with E-state index in [2.05, 4.69) is 25.3 Å². The predicted octanol–water partition coefficient (Wildman–Crippen LogP) is -0.477. The molecule has 13 nitrogen and oxygen atoms in total. The Bertz CT molecular complexity index is 934. The summed E-state index contributed by atoms with van der Waals surface area (Å²) in [4.78, 5) is 49.0. The highest BCUT2D eigenvalue weighted by Crippen LogP contribution is 2.07. The number of nitrogens with one attached hydrogen (secondary N) is 2. The number of aliphatic imine (C=N–C) groups is 1. The molecular weight excluding hydrogens is 396 g/mol. The number of hydrogen-bond acceptors (Lipinski definition) is 7. The number of aliphatic carboxylic acids is 1. The van der Waals surface area contributed by atoms with Crippen molar-refractivity contribution in [3.63, 3.8) is 0 Å². The topological polar surface area (TPSA) is 204 Å². The minimum absolute atomic E-state index is 0.0691. The van der Waals surface area contributed by atoms with Crippen LogP contribution in [0.25, 0.3) is 11.2 Å². The molecule has 0 saturated heterocycles. The van der Waals surface area contributed by atoms with E-state index in [0.717, 1.165) is 12.8 Å². The zero-order chi connectivity index (χ0) is 21.9. The van der Waals surface area contributed by atoms with E-state index >= 15 is 0 Å². The number of aryl methyl sites for hydroxylation is 1. The van der Waals surface area contributed by atoms with Gasteiger partial charge in [0.2, 0.25) is 0 Å². The number of amides is 1. The fourth-order valence-electron chi connectivity index (χ4n) is 2.73. The molecular formula is C17H26N8O5. The molecule has 0 unspecified atom stereocenters. The van der Waals surface area contributed by atoms with E-state index in [9.17, 15) is 14.4 Å². The predicted molar refractivity (Wildman–Crippen MR) is 108 cm³/mol. The van der Waals surface area contributed by atoms with Gasteiger partial charge in [-0.15, -0.1) is 0 Å². The average Bonchev–Trinajstić information content (AvgIpc) is 3.11. The molecule has 2 rings (SSSR count). The number of fused-ring (bicyclic) bond motifs is 1. The number of carbonyl (C=O) groups is 2. The number of carboxylic acid groups (broad SMARTS) is 1. The van der Waals surface area contributed by atoms with Crippen LogP contribution in [-0.4, -0.2) is 61.8 Å². The normalized spacial score (nSPS) is 11.7. The van der Waals surface area contributed by atoms with Gasteiger partial charge in [-0.2, -0.15) is 0 Å². The first kappa shape index (κ1) is 22.6. The number of carbonyl (C=O) groups excluding carboxylic acids is 1. The van der Waals surface area contributed by atoms with E-state index in [1.807, 2.05) is 0 Å². The third-order valence-electron chi connectivity index (χ3n) is 4.22. The highest BCUT2D eigenvalue weighted by molar-refractivity contribution is 5.79. The van der Waals surface area contributed by atoms with Crippen molar-refractivity contribution in [1.82, 2.24) is 24.8 Å². The van der Waals surface area contributed by atoms with Crippen molar-refractivity contribution in [2.24, 2.45) is 16.5 Å². The number of nitrogens with two attached hydrogens (primary N) is 2. The molecule has 30 heavy (non-hydrogen) atoms. The lowest BCUT2D eigenvalue weighted by Gasteiger charge is -2.14. The van der Waals surface area contributed by atoms with Crippen LogP contribution in [0.2, 0.25) is 0 Å². The molecule has 2 heterocycles. The number of alkyl carbamates (subject to hydrolysis) is 1. The van der Waals surface area contributed by atoms with Gasteiger partial charge in [0.1, 0.15) is 6.04 Å². The second kappa shape index (κ2) is 11.4. The lowest BCUT2D eigenvalue weighted by atomic mass is 10.1. The Morgan fingerprint density at radius 1 is 1.27 bits per heavy atom. The smallest absolute Gasteiger partial charge is 0.407 e.